The minimum absolute atomic E-state index is 0.497. The molecule has 1 heterocycles. The Labute approximate surface area is 68.7 Å². The van der Waals surface area contributed by atoms with Crippen molar-refractivity contribution in [2.45, 2.75) is 44.2 Å². The van der Waals surface area contributed by atoms with Gasteiger partial charge in [-0.15, -0.1) is 0 Å². The summed E-state index contributed by atoms with van der Waals surface area (Å²) < 4.78 is 0. The van der Waals surface area contributed by atoms with Crippen LogP contribution in [0.4, 0.5) is 0 Å². The molecule has 1 aliphatic carbocycles. The molecule has 1 aliphatic heterocycles. The zero-order valence-electron chi connectivity index (χ0n) is 7.32. The summed E-state index contributed by atoms with van der Waals surface area (Å²) in [5, 5.41) is 7.11. The zero-order valence-corrected chi connectivity index (χ0v) is 7.32. The van der Waals surface area contributed by atoms with Crippen LogP contribution in [-0.4, -0.2) is 24.7 Å². The second-order valence-corrected chi connectivity index (χ2v) is 4.25. The second kappa shape index (κ2) is 2.76. The normalized spacial score (nSPS) is 35.2. The molecule has 1 unspecified atom stereocenters. The summed E-state index contributed by atoms with van der Waals surface area (Å²) in [5.41, 5.74) is 0.497. The molecule has 0 bridgehead atoms. The molecule has 11 heavy (non-hydrogen) atoms. The number of hydrogen-bond acceptors (Lipinski definition) is 2. The van der Waals surface area contributed by atoms with Crippen LogP contribution < -0.4 is 10.6 Å². The first-order valence-corrected chi connectivity index (χ1v) is 4.77. The van der Waals surface area contributed by atoms with Crippen LogP contribution in [0, 0.1) is 0 Å². The lowest BCUT2D eigenvalue weighted by Crippen LogP contribution is -2.53. The highest BCUT2D eigenvalue weighted by atomic mass is 15.1. The van der Waals surface area contributed by atoms with Gasteiger partial charge in [0.05, 0.1) is 0 Å². The van der Waals surface area contributed by atoms with Crippen molar-refractivity contribution in [3.8, 4) is 0 Å². The quantitative estimate of drug-likeness (QED) is 0.617. The Morgan fingerprint density at radius 2 is 2.27 bits per heavy atom. The van der Waals surface area contributed by atoms with Gasteiger partial charge in [-0.3, -0.25) is 0 Å². The monoisotopic (exact) mass is 154 g/mol. The van der Waals surface area contributed by atoms with Crippen molar-refractivity contribution in [3.63, 3.8) is 0 Å². The Balaban J connectivity index is 1.79. The van der Waals surface area contributed by atoms with Gasteiger partial charge in [0.2, 0.25) is 0 Å². The highest BCUT2D eigenvalue weighted by molar-refractivity contribution is 4.95. The third-order valence-electron chi connectivity index (χ3n) is 3.07. The highest BCUT2D eigenvalue weighted by Gasteiger charge is 2.33. The Morgan fingerprint density at radius 1 is 1.45 bits per heavy atom. The molecule has 0 amide bonds. The van der Waals surface area contributed by atoms with Crippen LogP contribution in [-0.2, 0) is 0 Å². The van der Waals surface area contributed by atoms with E-state index in [0.29, 0.717) is 5.54 Å². The number of rotatable bonds is 2. The molecule has 2 aliphatic rings. The molecule has 0 radical (unpaired) electrons. The van der Waals surface area contributed by atoms with E-state index in [1.165, 1.54) is 38.8 Å². The van der Waals surface area contributed by atoms with Crippen LogP contribution in [0.1, 0.15) is 32.6 Å². The van der Waals surface area contributed by atoms with Crippen LogP contribution >= 0.6 is 0 Å². The summed E-state index contributed by atoms with van der Waals surface area (Å²) in [6, 6.07) is 0.750. The van der Waals surface area contributed by atoms with Crippen LogP contribution in [0.2, 0.25) is 0 Å². The fourth-order valence-electron chi connectivity index (χ4n) is 2.12. The first-order valence-electron chi connectivity index (χ1n) is 4.77. The first-order chi connectivity index (χ1) is 5.29. The summed E-state index contributed by atoms with van der Waals surface area (Å²) in [5.74, 6) is 0. The van der Waals surface area contributed by atoms with Crippen molar-refractivity contribution >= 4 is 0 Å². The van der Waals surface area contributed by atoms with Crippen LogP contribution in [0.15, 0.2) is 0 Å². The van der Waals surface area contributed by atoms with Crippen LogP contribution in [0.25, 0.3) is 0 Å². The van der Waals surface area contributed by atoms with Gasteiger partial charge in [0.15, 0.2) is 0 Å². The van der Waals surface area contributed by atoms with Gasteiger partial charge >= 0.3 is 0 Å². The van der Waals surface area contributed by atoms with Crippen molar-refractivity contribution in [2.75, 3.05) is 13.1 Å². The molecule has 2 fully saturated rings. The number of hydrogen-bond donors (Lipinski definition) is 2. The van der Waals surface area contributed by atoms with Gasteiger partial charge < -0.3 is 10.6 Å². The van der Waals surface area contributed by atoms with E-state index in [0.717, 1.165) is 6.04 Å². The minimum atomic E-state index is 0.497. The van der Waals surface area contributed by atoms with Gasteiger partial charge in [-0.25, -0.2) is 0 Å². The lowest BCUT2D eigenvalue weighted by Gasteiger charge is -2.41. The molecule has 2 nitrogen and oxygen atoms in total. The molecule has 2 N–H and O–H groups in total. The van der Waals surface area contributed by atoms with Crippen molar-refractivity contribution < 1.29 is 0 Å². The molecule has 0 spiro atoms. The first kappa shape index (κ1) is 7.56. The molecule has 1 atom stereocenters. The molecule has 0 aromatic carbocycles. The van der Waals surface area contributed by atoms with E-state index < -0.39 is 0 Å². The molecule has 0 aromatic rings. The minimum Gasteiger partial charge on any atom is -0.315 e. The Kier molecular flexibility index (Phi) is 1.90. The molecule has 1 saturated carbocycles. The third-order valence-corrected chi connectivity index (χ3v) is 3.07. The van der Waals surface area contributed by atoms with E-state index in [-0.39, 0.29) is 0 Å². The Morgan fingerprint density at radius 3 is 2.73 bits per heavy atom. The summed E-state index contributed by atoms with van der Waals surface area (Å²) in [6.45, 7) is 4.73. The summed E-state index contributed by atoms with van der Waals surface area (Å²) >= 11 is 0. The smallest absolute Gasteiger partial charge is 0.0209 e. The maximum atomic E-state index is 3.73. The second-order valence-electron chi connectivity index (χ2n) is 4.25. The maximum Gasteiger partial charge on any atom is 0.0209 e. The van der Waals surface area contributed by atoms with E-state index in [4.69, 9.17) is 0 Å². The maximum absolute atomic E-state index is 3.73. The SMILES string of the molecule is CC1(NC2CCNC2)CCC1. The molecule has 2 heteroatoms. The van der Waals surface area contributed by atoms with E-state index in [2.05, 4.69) is 17.6 Å². The predicted octanol–water partition coefficient (Wildman–Crippen LogP) is 0.880. The number of nitrogens with one attached hydrogen (secondary N) is 2. The fourth-order valence-corrected chi connectivity index (χ4v) is 2.12. The summed E-state index contributed by atoms with van der Waals surface area (Å²) in [7, 11) is 0. The van der Waals surface area contributed by atoms with Crippen molar-refractivity contribution in [2.24, 2.45) is 0 Å². The van der Waals surface area contributed by atoms with Gasteiger partial charge in [0.1, 0.15) is 0 Å². The molecular formula is C9H18N2. The van der Waals surface area contributed by atoms with Gasteiger partial charge in [-0.05, 0) is 39.2 Å². The van der Waals surface area contributed by atoms with Gasteiger partial charge in [0.25, 0.3) is 0 Å². The fraction of sp³-hybridized carbons (Fsp3) is 1.00. The molecule has 0 aromatic heterocycles. The zero-order chi connectivity index (χ0) is 7.73. The lowest BCUT2D eigenvalue weighted by molar-refractivity contribution is 0.189. The third kappa shape index (κ3) is 1.57. The van der Waals surface area contributed by atoms with Crippen LogP contribution in [0.5, 0.6) is 0 Å². The van der Waals surface area contributed by atoms with Crippen molar-refractivity contribution in [3.05, 3.63) is 0 Å². The average Bonchev–Trinajstić information content (AvgIpc) is 2.36. The van der Waals surface area contributed by atoms with Crippen LogP contribution in [0.3, 0.4) is 0 Å². The van der Waals surface area contributed by atoms with E-state index >= 15 is 0 Å². The predicted molar refractivity (Wildman–Crippen MR) is 46.7 cm³/mol. The van der Waals surface area contributed by atoms with Gasteiger partial charge in [0, 0.05) is 18.1 Å². The van der Waals surface area contributed by atoms with Gasteiger partial charge in [-0.2, -0.15) is 0 Å². The molecule has 2 rings (SSSR count). The topological polar surface area (TPSA) is 24.1 Å². The van der Waals surface area contributed by atoms with E-state index in [1.54, 1.807) is 0 Å². The van der Waals surface area contributed by atoms with Crippen molar-refractivity contribution in [1.82, 2.24) is 10.6 Å². The molecule has 1 saturated heterocycles. The molecule has 64 valence electrons. The standard InChI is InChI=1S/C9H18N2/c1-9(4-2-5-9)11-8-3-6-10-7-8/h8,10-11H,2-7H2,1H3. The van der Waals surface area contributed by atoms with E-state index in [1.807, 2.05) is 0 Å². The average molecular weight is 154 g/mol. The highest BCUT2D eigenvalue weighted by Crippen LogP contribution is 2.31. The lowest BCUT2D eigenvalue weighted by atomic mass is 9.78. The summed E-state index contributed by atoms with van der Waals surface area (Å²) in [6.07, 6.45) is 5.49. The van der Waals surface area contributed by atoms with Gasteiger partial charge in [-0.1, -0.05) is 0 Å². The van der Waals surface area contributed by atoms with E-state index in [9.17, 15) is 0 Å². The Hall–Kier alpha value is -0.0800. The summed E-state index contributed by atoms with van der Waals surface area (Å²) in [4.78, 5) is 0. The Bertz CT molecular complexity index is 134. The molecular weight excluding hydrogens is 136 g/mol. The largest absolute Gasteiger partial charge is 0.315 e. The van der Waals surface area contributed by atoms with Crippen molar-refractivity contribution in [1.29, 1.82) is 0 Å².